The van der Waals surface area contributed by atoms with Crippen molar-refractivity contribution in [2.45, 2.75) is 44.9 Å². The highest BCUT2D eigenvalue weighted by molar-refractivity contribution is 5.79. The predicted octanol–water partition coefficient (Wildman–Crippen LogP) is 3.44. The van der Waals surface area contributed by atoms with Crippen LogP contribution < -0.4 is 0 Å². The van der Waals surface area contributed by atoms with Gasteiger partial charge in [-0.05, 0) is 60.8 Å². The van der Waals surface area contributed by atoms with Gasteiger partial charge in [0.05, 0.1) is 0 Å². The van der Waals surface area contributed by atoms with E-state index in [-0.39, 0.29) is 5.82 Å². The van der Waals surface area contributed by atoms with Gasteiger partial charge in [0.2, 0.25) is 0 Å². The van der Waals surface area contributed by atoms with E-state index in [0.29, 0.717) is 11.2 Å². The van der Waals surface area contributed by atoms with Crippen molar-refractivity contribution in [3.05, 3.63) is 35.1 Å². The van der Waals surface area contributed by atoms with Gasteiger partial charge < -0.3 is 0 Å². The molecule has 2 aliphatic rings. The fourth-order valence-corrected chi connectivity index (χ4v) is 3.38. The molecule has 0 aliphatic heterocycles. The van der Waals surface area contributed by atoms with Gasteiger partial charge in [-0.3, -0.25) is 4.79 Å². The zero-order chi connectivity index (χ0) is 11.9. The predicted molar refractivity (Wildman–Crippen MR) is 64.3 cm³/mol. The number of hydrogen-bond acceptors (Lipinski definition) is 1. The number of ketones is 1. The number of carbonyl (C=O) groups is 1. The lowest BCUT2D eigenvalue weighted by atomic mass is 9.64. The van der Waals surface area contributed by atoms with Crippen LogP contribution in [0.4, 0.5) is 4.39 Å². The van der Waals surface area contributed by atoms with E-state index in [1.54, 1.807) is 12.1 Å². The SMILES string of the molecule is O=C1CCC2(CC1)CCc1cc(F)ccc1C2. The molecule has 0 saturated heterocycles. The van der Waals surface area contributed by atoms with Crippen LogP contribution in [0.1, 0.15) is 43.2 Å². The van der Waals surface area contributed by atoms with E-state index in [2.05, 4.69) is 0 Å². The lowest BCUT2D eigenvalue weighted by Crippen LogP contribution is -2.33. The molecule has 0 bridgehead atoms. The largest absolute Gasteiger partial charge is 0.300 e. The maximum absolute atomic E-state index is 13.1. The average molecular weight is 232 g/mol. The molecule has 0 N–H and O–H groups in total. The minimum Gasteiger partial charge on any atom is -0.300 e. The Bertz CT molecular complexity index is 454. The van der Waals surface area contributed by atoms with Gasteiger partial charge in [-0.25, -0.2) is 4.39 Å². The molecule has 1 fully saturated rings. The summed E-state index contributed by atoms with van der Waals surface area (Å²) in [6.45, 7) is 0. The molecule has 1 aromatic carbocycles. The Balaban J connectivity index is 1.85. The van der Waals surface area contributed by atoms with Gasteiger partial charge in [0.25, 0.3) is 0 Å². The number of aryl methyl sites for hydroxylation is 1. The normalized spacial score (nSPS) is 22.5. The topological polar surface area (TPSA) is 17.1 Å². The third-order valence-electron chi connectivity index (χ3n) is 4.53. The number of Topliss-reactive ketones (excluding diaryl/α,β-unsaturated/α-hetero) is 1. The van der Waals surface area contributed by atoms with Crippen LogP contribution in [-0.2, 0) is 17.6 Å². The molecule has 0 amide bonds. The summed E-state index contributed by atoms with van der Waals surface area (Å²) in [6.07, 6.45) is 6.69. The van der Waals surface area contributed by atoms with Gasteiger partial charge in [-0.15, -0.1) is 0 Å². The van der Waals surface area contributed by atoms with Gasteiger partial charge in [-0.1, -0.05) is 6.07 Å². The summed E-state index contributed by atoms with van der Waals surface area (Å²) in [4.78, 5) is 11.3. The summed E-state index contributed by atoms with van der Waals surface area (Å²) in [5, 5.41) is 0. The Morgan fingerprint density at radius 1 is 1.00 bits per heavy atom. The molecule has 0 unspecified atom stereocenters. The second-order valence-corrected chi connectivity index (χ2v) is 5.63. The van der Waals surface area contributed by atoms with E-state index in [4.69, 9.17) is 0 Å². The monoisotopic (exact) mass is 232 g/mol. The van der Waals surface area contributed by atoms with Crippen molar-refractivity contribution in [1.82, 2.24) is 0 Å². The highest BCUT2D eigenvalue weighted by atomic mass is 19.1. The Hall–Kier alpha value is -1.18. The quantitative estimate of drug-likeness (QED) is 0.669. The summed E-state index contributed by atoms with van der Waals surface area (Å²) in [7, 11) is 0. The molecular formula is C15H17FO. The van der Waals surface area contributed by atoms with Crippen molar-refractivity contribution in [3.8, 4) is 0 Å². The van der Waals surface area contributed by atoms with Crippen LogP contribution in [0.15, 0.2) is 18.2 Å². The number of carbonyl (C=O) groups excluding carboxylic acids is 1. The maximum atomic E-state index is 13.1. The molecule has 1 nitrogen and oxygen atoms in total. The zero-order valence-electron chi connectivity index (χ0n) is 9.97. The first-order chi connectivity index (χ1) is 8.17. The third-order valence-corrected chi connectivity index (χ3v) is 4.53. The molecule has 0 atom stereocenters. The molecule has 0 radical (unpaired) electrons. The summed E-state index contributed by atoms with van der Waals surface area (Å²) >= 11 is 0. The van der Waals surface area contributed by atoms with E-state index in [1.807, 2.05) is 6.07 Å². The Labute approximate surface area is 101 Å². The van der Waals surface area contributed by atoms with E-state index in [0.717, 1.165) is 44.9 Å². The molecule has 1 aromatic rings. The van der Waals surface area contributed by atoms with Crippen molar-refractivity contribution < 1.29 is 9.18 Å². The molecule has 1 saturated carbocycles. The van der Waals surface area contributed by atoms with E-state index < -0.39 is 0 Å². The molecule has 3 rings (SSSR count). The Morgan fingerprint density at radius 3 is 2.47 bits per heavy atom. The molecule has 0 aromatic heterocycles. The minimum atomic E-state index is -0.126. The molecule has 2 heteroatoms. The van der Waals surface area contributed by atoms with Crippen LogP contribution in [0.2, 0.25) is 0 Å². The van der Waals surface area contributed by atoms with E-state index in [1.165, 1.54) is 11.1 Å². The van der Waals surface area contributed by atoms with Crippen LogP contribution in [0.3, 0.4) is 0 Å². The van der Waals surface area contributed by atoms with Crippen molar-refractivity contribution in [2.24, 2.45) is 5.41 Å². The zero-order valence-corrected chi connectivity index (χ0v) is 9.97. The lowest BCUT2D eigenvalue weighted by Gasteiger charge is -2.40. The number of rotatable bonds is 0. The Morgan fingerprint density at radius 2 is 1.71 bits per heavy atom. The fourth-order valence-electron chi connectivity index (χ4n) is 3.38. The van der Waals surface area contributed by atoms with E-state index >= 15 is 0 Å². The molecule has 90 valence electrons. The molecule has 2 aliphatic carbocycles. The van der Waals surface area contributed by atoms with Crippen LogP contribution in [0.25, 0.3) is 0 Å². The highest BCUT2D eigenvalue weighted by Gasteiger charge is 2.37. The first-order valence-electron chi connectivity index (χ1n) is 6.46. The fraction of sp³-hybridized carbons (Fsp3) is 0.533. The van der Waals surface area contributed by atoms with Crippen molar-refractivity contribution in [1.29, 1.82) is 0 Å². The van der Waals surface area contributed by atoms with Gasteiger partial charge in [0.1, 0.15) is 11.6 Å². The van der Waals surface area contributed by atoms with Crippen LogP contribution in [0.5, 0.6) is 0 Å². The minimum absolute atomic E-state index is 0.126. The number of benzene rings is 1. The average Bonchev–Trinajstić information content (AvgIpc) is 2.34. The first kappa shape index (κ1) is 10.9. The van der Waals surface area contributed by atoms with Crippen molar-refractivity contribution in [2.75, 3.05) is 0 Å². The molecule has 17 heavy (non-hydrogen) atoms. The second-order valence-electron chi connectivity index (χ2n) is 5.63. The lowest BCUT2D eigenvalue weighted by molar-refractivity contribution is -0.122. The van der Waals surface area contributed by atoms with Gasteiger partial charge >= 0.3 is 0 Å². The summed E-state index contributed by atoms with van der Waals surface area (Å²) in [5.74, 6) is 0.291. The van der Waals surface area contributed by atoms with Crippen LogP contribution in [0, 0.1) is 11.2 Å². The summed E-state index contributed by atoms with van der Waals surface area (Å²) < 4.78 is 13.1. The smallest absolute Gasteiger partial charge is 0.132 e. The van der Waals surface area contributed by atoms with E-state index in [9.17, 15) is 9.18 Å². The first-order valence-corrected chi connectivity index (χ1v) is 6.46. The Kier molecular flexibility index (Phi) is 2.53. The van der Waals surface area contributed by atoms with Crippen molar-refractivity contribution >= 4 is 5.78 Å². The maximum Gasteiger partial charge on any atom is 0.132 e. The van der Waals surface area contributed by atoms with Gasteiger partial charge in [0, 0.05) is 12.8 Å². The number of fused-ring (bicyclic) bond motifs is 1. The molecular weight excluding hydrogens is 215 g/mol. The van der Waals surface area contributed by atoms with Crippen LogP contribution >= 0.6 is 0 Å². The number of hydrogen-bond donors (Lipinski definition) is 0. The molecule has 0 heterocycles. The highest BCUT2D eigenvalue weighted by Crippen LogP contribution is 2.45. The standard InChI is InChI=1S/C15H17FO/c16-13-2-1-12-10-15(6-3-11(12)9-13)7-4-14(17)5-8-15/h1-2,9H,3-8,10H2. The van der Waals surface area contributed by atoms with Crippen molar-refractivity contribution in [3.63, 3.8) is 0 Å². The summed E-state index contributed by atoms with van der Waals surface area (Å²) in [6, 6.07) is 5.17. The summed E-state index contributed by atoms with van der Waals surface area (Å²) in [5.41, 5.74) is 2.80. The molecule has 1 spiro atoms. The van der Waals surface area contributed by atoms with Gasteiger partial charge in [-0.2, -0.15) is 0 Å². The van der Waals surface area contributed by atoms with Gasteiger partial charge in [0.15, 0.2) is 0 Å². The number of halogens is 1. The third kappa shape index (κ3) is 2.01. The second kappa shape index (κ2) is 3.94. The van der Waals surface area contributed by atoms with Crippen LogP contribution in [-0.4, -0.2) is 5.78 Å².